The Balaban J connectivity index is 2.33. The SMILES string of the molecule is Fc1ccc(Br)cc1-n1c(CCCl)nc2cc(Cl)ccc21. The van der Waals surface area contributed by atoms with Gasteiger partial charge in [0.05, 0.1) is 16.7 Å². The van der Waals surface area contributed by atoms with Crippen molar-refractivity contribution in [2.75, 3.05) is 5.88 Å². The number of aryl methyl sites for hydroxylation is 1. The fraction of sp³-hybridized carbons (Fsp3) is 0.133. The fourth-order valence-electron chi connectivity index (χ4n) is 2.28. The first-order valence-electron chi connectivity index (χ1n) is 6.28. The molecule has 1 aromatic heterocycles. The van der Waals surface area contributed by atoms with Crippen molar-refractivity contribution in [1.29, 1.82) is 0 Å². The maximum Gasteiger partial charge on any atom is 0.147 e. The summed E-state index contributed by atoms with van der Waals surface area (Å²) < 4.78 is 16.8. The second kappa shape index (κ2) is 5.95. The standard InChI is InChI=1S/C15H10BrCl2FN2/c16-9-1-3-11(19)14(7-9)21-13-4-2-10(18)8-12(13)20-15(21)5-6-17/h1-4,7-8H,5-6H2. The molecule has 3 aromatic rings. The summed E-state index contributed by atoms with van der Waals surface area (Å²) in [6.07, 6.45) is 0.541. The number of aromatic nitrogens is 2. The van der Waals surface area contributed by atoms with Crippen LogP contribution in [0.15, 0.2) is 40.9 Å². The Kier molecular flexibility index (Phi) is 4.20. The molecule has 0 atom stereocenters. The molecule has 0 aliphatic heterocycles. The lowest BCUT2D eigenvalue weighted by Crippen LogP contribution is -2.04. The summed E-state index contributed by atoms with van der Waals surface area (Å²) in [6, 6.07) is 10.2. The molecular weight excluding hydrogens is 378 g/mol. The number of fused-ring (bicyclic) bond motifs is 1. The second-order valence-electron chi connectivity index (χ2n) is 4.53. The Bertz CT molecular complexity index is 817. The van der Waals surface area contributed by atoms with Crippen molar-refractivity contribution in [3.05, 3.63) is 57.5 Å². The normalized spacial score (nSPS) is 11.2. The molecule has 0 aliphatic carbocycles. The van der Waals surface area contributed by atoms with E-state index in [2.05, 4.69) is 20.9 Å². The molecule has 0 aliphatic rings. The highest BCUT2D eigenvalue weighted by Gasteiger charge is 2.15. The van der Waals surface area contributed by atoms with E-state index in [0.29, 0.717) is 28.8 Å². The average molecular weight is 388 g/mol. The van der Waals surface area contributed by atoms with Gasteiger partial charge in [-0.15, -0.1) is 11.6 Å². The van der Waals surface area contributed by atoms with E-state index in [1.54, 1.807) is 28.8 Å². The Morgan fingerprint density at radius 2 is 2.00 bits per heavy atom. The van der Waals surface area contributed by atoms with Crippen molar-refractivity contribution in [1.82, 2.24) is 9.55 Å². The molecule has 0 spiro atoms. The van der Waals surface area contributed by atoms with Crippen LogP contribution in [0.4, 0.5) is 4.39 Å². The molecule has 0 radical (unpaired) electrons. The fourth-order valence-corrected chi connectivity index (χ4v) is 2.97. The zero-order valence-electron chi connectivity index (χ0n) is 10.8. The van der Waals surface area contributed by atoms with Gasteiger partial charge in [-0.05, 0) is 36.4 Å². The first-order chi connectivity index (χ1) is 10.1. The van der Waals surface area contributed by atoms with Gasteiger partial charge < -0.3 is 0 Å². The number of hydrogen-bond donors (Lipinski definition) is 0. The monoisotopic (exact) mass is 386 g/mol. The molecule has 1 heterocycles. The van der Waals surface area contributed by atoms with Gasteiger partial charge in [0.1, 0.15) is 11.6 Å². The first-order valence-corrected chi connectivity index (χ1v) is 7.99. The molecule has 0 saturated heterocycles. The molecule has 108 valence electrons. The topological polar surface area (TPSA) is 17.8 Å². The third kappa shape index (κ3) is 2.80. The molecule has 2 nitrogen and oxygen atoms in total. The average Bonchev–Trinajstić information content (AvgIpc) is 2.79. The van der Waals surface area contributed by atoms with Gasteiger partial charge >= 0.3 is 0 Å². The summed E-state index contributed by atoms with van der Waals surface area (Å²) in [6.45, 7) is 0. The van der Waals surface area contributed by atoms with Crippen LogP contribution in [0.2, 0.25) is 5.02 Å². The van der Waals surface area contributed by atoms with E-state index in [1.165, 1.54) is 6.07 Å². The van der Waals surface area contributed by atoms with Crippen LogP contribution in [0, 0.1) is 5.82 Å². The van der Waals surface area contributed by atoms with Crippen LogP contribution >= 0.6 is 39.1 Å². The van der Waals surface area contributed by atoms with Crippen LogP contribution < -0.4 is 0 Å². The zero-order chi connectivity index (χ0) is 15.0. The predicted octanol–water partition coefficient (Wildman–Crippen LogP) is 5.36. The van der Waals surface area contributed by atoms with Gasteiger partial charge in [0.2, 0.25) is 0 Å². The molecule has 0 amide bonds. The predicted molar refractivity (Wildman–Crippen MR) is 88.2 cm³/mol. The van der Waals surface area contributed by atoms with E-state index in [1.807, 2.05) is 6.07 Å². The molecule has 0 bridgehead atoms. The van der Waals surface area contributed by atoms with E-state index in [0.717, 1.165) is 15.5 Å². The van der Waals surface area contributed by atoms with Gasteiger partial charge in [-0.25, -0.2) is 9.37 Å². The van der Waals surface area contributed by atoms with Crippen LogP contribution in [0.5, 0.6) is 0 Å². The van der Waals surface area contributed by atoms with Crippen molar-refractivity contribution < 1.29 is 4.39 Å². The van der Waals surface area contributed by atoms with Crippen molar-refractivity contribution in [3.8, 4) is 5.69 Å². The van der Waals surface area contributed by atoms with Gasteiger partial charge in [0, 0.05) is 21.8 Å². The van der Waals surface area contributed by atoms with Crippen molar-refractivity contribution in [3.63, 3.8) is 0 Å². The van der Waals surface area contributed by atoms with Crippen LogP contribution in [-0.2, 0) is 6.42 Å². The minimum atomic E-state index is -0.316. The Hall–Kier alpha value is -1.10. The third-order valence-electron chi connectivity index (χ3n) is 3.15. The quantitative estimate of drug-likeness (QED) is 0.553. The number of halogens is 4. The van der Waals surface area contributed by atoms with Crippen molar-refractivity contribution in [2.45, 2.75) is 6.42 Å². The number of hydrogen-bond acceptors (Lipinski definition) is 1. The van der Waals surface area contributed by atoms with E-state index in [4.69, 9.17) is 23.2 Å². The molecule has 6 heteroatoms. The summed E-state index contributed by atoms with van der Waals surface area (Å²) in [5, 5.41) is 0.597. The highest BCUT2D eigenvalue weighted by atomic mass is 79.9. The van der Waals surface area contributed by atoms with Crippen LogP contribution in [-0.4, -0.2) is 15.4 Å². The van der Waals surface area contributed by atoms with Gasteiger partial charge in [-0.1, -0.05) is 27.5 Å². The summed E-state index contributed by atoms with van der Waals surface area (Å²) in [5.41, 5.74) is 1.97. The maximum absolute atomic E-state index is 14.2. The number of imidazole rings is 1. The number of benzene rings is 2. The van der Waals surface area contributed by atoms with Gasteiger partial charge in [0.25, 0.3) is 0 Å². The van der Waals surface area contributed by atoms with E-state index in [-0.39, 0.29) is 5.82 Å². The molecule has 3 rings (SSSR count). The Morgan fingerprint density at radius 1 is 1.19 bits per heavy atom. The number of nitrogens with zero attached hydrogens (tertiary/aromatic N) is 2. The maximum atomic E-state index is 14.2. The minimum Gasteiger partial charge on any atom is -0.293 e. The smallest absolute Gasteiger partial charge is 0.147 e. The molecule has 0 fully saturated rings. The molecular formula is C15H10BrCl2FN2. The molecule has 2 aromatic carbocycles. The lowest BCUT2D eigenvalue weighted by atomic mass is 10.2. The van der Waals surface area contributed by atoms with E-state index < -0.39 is 0 Å². The zero-order valence-corrected chi connectivity index (χ0v) is 13.9. The third-order valence-corrected chi connectivity index (χ3v) is 4.07. The summed E-state index contributed by atoms with van der Waals surface area (Å²) in [4.78, 5) is 4.52. The largest absolute Gasteiger partial charge is 0.293 e. The molecule has 21 heavy (non-hydrogen) atoms. The van der Waals surface area contributed by atoms with Crippen molar-refractivity contribution >= 4 is 50.2 Å². The highest BCUT2D eigenvalue weighted by Crippen LogP contribution is 2.28. The van der Waals surface area contributed by atoms with Crippen LogP contribution in [0.3, 0.4) is 0 Å². The van der Waals surface area contributed by atoms with E-state index >= 15 is 0 Å². The first kappa shape index (κ1) is 14.8. The summed E-state index contributed by atoms with van der Waals surface area (Å²) >= 11 is 15.2. The minimum absolute atomic E-state index is 0.316. The summed E-state index contributed by atoms with van der Waals surface area (Å²) in [7, 11) is 0. The molecule has 0 N–H and O–H groups in total. The molecule has 0 saturated carbocycles. The van der Waals surface area contributed by atoms with Crippen molar-refractivity contribution in [2.24, 2.45) is 0 Å². The second-order valence-corrected chi connectivity index (χ2v) is 6.26. The Labute approximate surface area is 139 Å². The summed E-state index contributed by atoms with van der Waals surface area (Å²) in [5.74, 6) is 0.801. The Morgan fingerprint density at radius 3 is 2.76 bits per heavy atom. The highest BCUT2D eigenvalue weighted by molar-refractivity contribution is 9.10. The van der Waals surface area contributed by atoms with E-state index in [9.17, 15) is 4.39 Å². The molecule has 0 unspecified atom stereocenters. The van der Waals surface area contributed by atoms with Gasteiger partial charge in [-0.2, -0.15) is 0 Å². The van der Waals surface area contributed by atoms with Crippen LogP contribution in [0.25, 0.3) is 16.7 Å². The van der Waals surface area contributed by atoms with Gasteiger partial charge in [-0.3, -0.25) is 4.57 Å². The van der Waals surface area contributed by atoms with Crippen LogP contribution in [0.1, 0.15) is 5.82 Å². The van der Waals surface area contributed by atoms with Gasteiger partial charge in [0.15, 0.2) is 0 Å². The number of alkyl halides is 1. The lowest BCUT2D eigenvalue weighted by molar-refractivity contribution is 0.616. The lowest BCUT2D eigenvalue weighted by Gasteiger charge is -2.10. The number of rotatable bonds is 3.